The number of halogens is 2. The first-order chi connectivity index (χ1) is 9.00. The molecule has 4 heteroatoms. The molecule has 0 radical (unpaired) electrons. The molecule has 0 amide bonds. The Morgan fingerprint density at radius 2 is 2.16 bits per heavy atom. The molecule has 0 fully saturated rings. The summed E-state index contributed by atoms with van der Waals surface area (Å²) in [6.07, 6.45) is 2.18. The summed E-state index contributed by atoms with van der Waals surface area (Å²) in [5, 5.41) is 3.22. The summed E-state index contributed by atoms with van der Waals surface area (Å²) in [7, 11) is 1.64. The van der Waals surface area contributed by atoms with E-state index in [4.69, 9.17) is 4.74 Å². The van der Waals surface area contributed by atoms with E-state index in [1.165, 1.54) is 6.07 Å². The lowest BCUT2D eigenvalue weighted by atomic mass is 9.83. The van der Waals surface area contributed by atoms with E-state index in [2.05, 4.69) is 11.9 Å². The van der Waals surface area contributed by atoms with E-state index in [9.17, 15) is 8.78 Å². The topological polar surface area (TPSA) is 21.3 Å². The highest BCUT2D eigenvalue weighted by atomic mass is 19.1. The largest absolute Gasteiger partial charge is 0.383 e. The maximum Gasteiger partial charge on any atom is 0.126 e. The summed E-state index contributed by atoms with van der Waals surface area (Å²) in [5.74, 6) is -0.804. The molecule has 1 aromatic carbocycles. The summed E-state index contributed by atoms with van der Waals surface area (Å²) >= 11 is 0. The maximum absolute atomic E-state index is 13.6. The fourth-order valence-corrected chi connectivity index (χ4v) is 1.87. The second-order valence-corrected chi connectivity index (χ2v) is 4.94. The molecular formula is C15H21F2NO. The molecule has 0 aromatic heterocycles. The zero-order chi connectivity index (χ0) is 14.3. The number of hydrogen-bond donors (Lipinski definition) is 1. The van der Waals surface area contributed by atoms with Crippen molar-refractivity contribution in [1.29, 1.82) is 0 Å². The summed E-state index contributed by atoms with van der Waals surface area (Å²) in [6, 6.07) is 3.53. The molecule has 19 heavy (non-hydrogen) atoms. The van der Waals surface area contributed by atoms with Crippen molar-refractivity contribution < 1.29 is 13.5 Å². The molecule has 1 aromatic rings. The van der Waals surface area contributed by atoms with Crippen LogP contribution in [0.25, 0.3) is 0 Å². The summed E-state index contributed by atoms with van der Waals surface area (Å²) in [4.78, 5) is 0. The van der Waals surface area contributed by atoms with Crippen molar-refractivity contribution in [1.82, 2.24) is 5.32 Å². The van der Waals surface area contributed by atoms with Gasteiger partial charge in [-0.3, -0.25) is 0 Å². The van der Waals surface area contributed by atoms with Crippen LogP contribution in [0.1, 0.15) is 12.5 Å². The second-order valence-electron chi connectivity index (χ2n) is 4.94. The van der Waals surface area contributed by atoms with Crippen LogP contribution in [0.2, 0.25) is 0 Å². The van der Waals surface area contributed by atoms with Gasteiger partial charge in [-0.05, 0) is 30.2 Å². The van der Waals surface area contributed by atoms with Gasteiger partial charge < -0.3 is 10.1 Å². The Labute approximate surface area is 113 Å². The average molecular weight is 269 g/mol. The average Bonchev–Trinajstić information content (AvgIpc) is 2.39. The molecule has 0 aliphatic heterocycles. The fourth-order valence-electron chi connectivity index (χ4n) is 1.87. The van der Waals surface area contributed by atoms with Crippen molar-refractivity contribution in [2.75, 3.05) is 26.8 Å². The number of ether oxygens (including phenoxy) is 1. The van der Waals surface area contributed by atoms with Crippen LogP contribution < -0.4 is 5.32 Å². The SMILES string of the molecule is C=CC(C)(CNCCOC)Cc1cc(F)ccc1F. The van der Waals surface area contributed by atoms with E-state index < -0.39 is 5.82 Å². The van der Waals surface area contributed by atoms with Gasteiger partial charge in [0.05, 0.1) is 6.61 Å². The summed E-state index contributed by atoms with van der Waals surface area (Å²) in [6.45, 7) is 7.72. The molecule has 0 saturated carbocycles. The van der Waals surface area contributed by atoms with Gasteiger partial charge in [0, 0.05) is 25.6 Å². The van der Waals surface area contributed by atoms with Gasteiger partial charge in [0.25, 0.3) is 0 Å². The summed E-state index contributed by atoms with van der Waals surface area (Å²) in [5.41, 5.74) is 0.0403. The molecule has 0 spiro atoms. The molecule has 0 heterocycles. The zero-order valence-electron chi connectivity index (χ0n) is 11.5. The first kappa shape index (κ1) is 15.8. The van der Waals surface area contributed by atoms with Crippen molar-refractivity contribution in [3.05, 3.63) is 48.1 Å². The number of nitrogens with one attached hydrogen (secondary N) is 1. The van der Waals surface area contributed by atoms with Crippen LogP contribution in [0.4, 0.5) is 8.78 Å². The van der Waals surface area contributed by atoms with Crippen LogP contribution in [0.15, 0.2) is 30.9 Å². The van der Waals surface area contributed by atoms with Crippen LogP contribution in [0, 0.1) is 17.0 Å². The van der Waals surface area contributed by atoms with Gasteiger partial charge in [0.1, 0.15) is 11.6 Å². The number of rotatable bonds is 8. The van der Waals surface area contributed by atoms with E-state index in [1.807, 2.05) is 6.92 Å². The third-order valence-corrected chi connectivity index (χ3v) is 3.11. The molecule has 0 aliphatic rings. The number of methoxy groups -OCH3 is 1. The van der Waals surface area contributed by atoms with Gasteiger partial charge in [0.15, 0.2) is 0 Å². The highest BCUT2D eigenvalue weighted by molar-refractivity contribution is 5.21. The van der Waals surface area contributed by atoms with Gasteiger partial charge in [-0.1, -0.05) is 13.0 Å². The first-order valence-electron chi connectivity index (χ1n) is 6.28. The van der Waals surface area contributed by atoms with Crippen LogP contribution in [-0.4, -0.2) is 26.8 Å². The third kappa shape index (κ3) is 5.09. The normalized spacial score (nSPS) is 14.1. The van der Waals surface area contributed by atoms with Crippen molar-refractivity contribution >= 4 is 0 Å². The van der Waals surface area contributed by atoms with E-state index in [0.29, 0.717) is 31.7 Å². The Balaban J connectivity index is 2.68. The monoisotopic (exact) mass is 269 g/mol. The van der Waals surface area contributed by atoms with Gasteiger partial charge in [-0.25, -0.2) is 8.78 Å². The molecule has 2 nitrogen and oxygen atoms in total. The molecule has 1 rings (SSSR count). The zero-order valence-corrected chi connectivity index (χ0v) is 11.5. The van der Waals surface area contributed by atoms with Gasteiger partial charge in [-0.2, -0.15) is 0 Å². The standard InChI is InChI=1S/C15H21F2NO/c1-4-15(2,11-18-7-8-19-3)10-12-9-13(16)5-6-14(12)17/h4-6,9,18H,1,7-8,10-11H2,2-3H3. The Bertz CT molecular complexity index is 423. The Morgan fingerprint density at radius 1 is 1.42 bits per heavy atom. The molecule has 0 saturated heterocycles. The number of hydrogen-bond acceptors (Lipinski definition) is 2. The fraction of sp³-hybridized carbons (Fsp3) is 0.467. The first-order valence-corrected chi connectivity index (χ1v) is 6.28. The Kier molecular flexibility index (Phi) is 6.12. The minimum absolute atomic E-state index is 0.331. The Hall–Kier alpha value is -1.26. The van der Waals surface area contributed by atoms with E-state index in [1.54, 1.807) is 13.2 Å². The maximum atomic E-state index is 13.6. The predicted molar refractivity (Wildman–Crippen MR) is 73.1 cm³/mol. The van der Waals surface area contributed by atoms with E-state index >= 15 is 0 Å². The molecule has 1 N–H and O–H groups in total. The minimum Gasteiger partial charge on any atom is -0.383 e. The highest BCUT2D eigenvalue weighted by Crippen LogP contribution is 2.25. The lowest BCUT2D eigenvalue weighted by molar-refractivity contribution is 0.195. The highest BCUT2D eigenvalue weighted by Gasteiger charge is 2.22. The Morgan fingerprint density at radius 3 is 2.79 bits per heavy atom. The van der Waals surface area contributed by atoms with E-state index in [0.717, 1.165) is 12.1 Å². The second kappa shape index (κ2) is 7.36. The summed E-state index contributed by atoms with van der Waals surface area (Å²) < 4.78 is 31.7. The molecule has 0 bridgehead atoms. The lowest BCUT2D eigenvalue weighted by Crippen LogP contribution is -2.34. The van der Waals surface area contributed by atoms with Crippen LogP contribution in [0.3, 0.4) is 0 Å². The molecule has 1 atom stereocenters. The third-order valence-electron chi connectivity index (χ3n) is 3.11. The minimum atomic E-state index is -0.421. The molecular weight excluding hydrogens is 248 g/mol. The van der Waals surface area contributed by atoms with Gasteiger partial charge in [-0.15, -0.1) is 6.58 Å². The number of benzene rings is 1. The van der Waals surface area contributed by atoms with E-state index in [-0.39, 0.29) is 11.2 Å². The van der Waals surface area contributed by atoms with Gasteiger partial charge >= 0.3 is 0 Å². The van der Waals surface area contributed by atoms with Crippen LogP contribution in [0.5, 0.6) is 0 Å². The van der Waals surface area contributed by atoms with Crippen molar-refractivity contribution in [3.63, 3.8) is 0 Å². The quantitative estimate of drug-likeness (QED) is 0.579. The molecule has 106 valence electrons. The van der Waals surface area contributed by atoms with Crippen molar-refractivity contribution in [3.8, 4) is 0 Å². The van der Waals surface area contributed by atoms with Crippen LogP contribution >= 0.6 is 0 Å². The van der Waals surface area contributed by atoms with Crippen LogP contribution in [-0.2, 0) is 11.2 Å². The lowest BCUT2D eigenvalue weighted by Gasteiger charge is -2.26. The molecule has 1 unspecified atom stereocenters. The predicted octanol–water partition coefficient (Wildman–Crippen LogP) is 2.94. The van der Waals surface area contributed by atoms with Gasteiger partial charge in [0.2, 0.25) is 0 Å². The molecule has 0 aliphatic carbocycles. The van der Waals surface area contributed by atoms with Crippen molar-refractivity contribution in [2.45, 2.75) is 13.3 Å². The smallest absolute Gasteiger partial charge is 0.126 e. The van der Waals surface area contributed by atoms with Crippen molar-refractivity contribution in [2.24, 2.45) is 5.41 Å².